The van der Waals surface area contributed by atoms with E-state index in [2.05, 4.69) is 11.1 Å². The van der Waals surface area contributed by atoms with Crippen molar-refractivity contribution in [2.24, 2.45) is 0 Å². The smallest absolute Gasteiger partial charge is 0.269 e. The van der Waals surface area contributed by atoms with Gasteiger partial charge < -0.3 is 11.1 Å². The number of nitrogens with one attached hydrogen (secondary N) is 1. The zero-order valence-electron chi connectivity index (χ0n) is 8.61. The highest BCUT2D eigenvalue weighted by molar-refractivity contribution is 5.48. The summed E-state index contributed by atoms with van der Waals surface area (Å²) in [6.07, 6.45) is 2.17. The Bertz CT molecular complexity index is 311. The summed E-state index contributed by atoms with van der Waals surface area (Å²) < 4.78 is 0. The maximum Gasteiger partial charge on any atom is 0.269 e. The largest absolute Gasteiger partial charge is 0.385 e. The molecule has 0 bridgehead atoms. The van der Waals surface area contributed by atoms with E-state index >= 15 is 0 Å². The molecule has 1 aromatic carbocycles. The highest BCUT2D eigenvalue weighted by Crippen LogP contribution is 2.15. The summed E-state index contributed by atoms with van der Waals surface area (Å²) in [7, 11) is 0. The Balaban J connectivity index is 2.39. The lowest BCUT2D eigenvalue weighted by Crippen LogP contribution is -2.50. The molecule has 4 N–H and O–H groups in total. The maximum absolute atomic E-state index is 10.4. The predicted octanol–water partition coefficient (Wildman–Crippen LogP) is 1.03. The molecule has 0 aromatic heterocycles. The normalized spacial score (nSPS) is 9.93. The first-order valence-corrected chi connectivity index (χ1v) is 5.01. The quantitative estimate of drug-likeness (QED) is 0.418. The number of non-ortho nitro benzene ring substituents is 1. The molecule has 0 aliphatic rings. The Kier molecular flexibility index (Phi) is 4.56. The Labute approximate surface area is 88.4 Å². The van der Waals surface area contributed by atoms with Crippen molar-refractivity contribution in [1.82, 2.24) is 0 Å². The van der Waals surface area contributed by atoms with Crippen LogP contribution < -0.4 is 11.1 Å². The van der Waals surface area contributed by atoms with Gasteiger partial charge in [-0.15, -0.1) is 0 Å². The monoisotopic (exact) mass is 210 g/mol. The van der Waals surface area contributed by atoms with E-state index in [1.807, 2.05) is 0 Å². The van der Waals surface area contributed by atoms with Crippen LogP contribution >= 0.6 is 0 Å². The maximum atomic E-state index is 10.4. The number of nitro groups is 1. The fraction of sp³-hybridized carbons (Fsp3) is 0.400. The zero-order valence-corrected chi connectivity index (χ0v) is 8.61. The molecular formula is C10H16N3O2+. The van der Waals surface area contributed by atoms with Gasteiger partial charge in [-0.2, -0.15) is 0 Å². The summed E-state index contributed by atoms with van der Waals surface area (Å²) in [5.41, 5.74) is 4.80. The minimum atomic E-state index is -0.396. The molecule has 15 heavy (non-hydrogen) atoms. The van der Waals surface area contributed by atoms with Crippen LogP contribution in [0.15, 0.2) is 24.3 Å². The first kappa shape index (κ1) is 11.5. The molecule has 0 amide bonds. The topological polar surface area (TPSA) is 82.8 Å². The first-order valence-electron chi connectivity index (χ1n) is 5.01. The van der Waals surface area contributed by atoms with Crippen molar-refractivity contribution in [3.63, 3.8) is 0 Å². The lowest BCUT2D eigenvalue weighted by atomic mass is 10.2. The number of benzene rings is 1. The van der Waals surface area contributed by atoms with Gasteiger partial charge in [0, 0.05) is 24.4 Å². The third kappa shape index (κ3) is 3.95. The van der Waals surface area contributed by atoms with E-state index in [1.165, 1.54) is 12.1 Å². The van der Waals surface area contributed by atoms with Crippen LogP contribution in [-0.2, 0) is 0 Å². The van der Waals surface area contributed by atoms with Gasteiger partial charge in [0.05, 0.1) is 11.5 Å². The summed E-state index contributed by atoms with van der Waals surface area (Å²) in [6, 6.07) is 6.46. The molecule has 0 unspecified atom stereocenters. The molecule has 0 fully saturated rings. The van der Waals surface area contributed by atoms with Crippen molar-refractivity contribution >= 4 is 11.4 Å². The zero-order chi connectivity index (χ0) is 11.1. The van der Waals surface area contributed by atoms with Crippen LogP contribution in [0.3, 0.4) is 0 Å². The second-order valence-corrected chi connectivity index (χ2v) is 3.29. The molecule has 1 aromatic rings. The summed E-state index contributed by atoms with van der Waals surface area (Å²) in [5, 5.41) is 13.6. The average molecular weight is 210 g/mol. The van der Waals surface area contributed by atoms with E-state index in [0.717, 1.165) is 31.6 Å². The Morgan fingerprint density at radius 1 is 1.27 bits per heavy atom. The van der Waals surface area contributed by atoms with Crippen LogP contribution in [0.1, 0.15) is 12.8 Å². The SMILES string of the molecule is [NH3+]CCCCNc1ccc([N+](=O)[O-])cc1. The summed E-state index contributed by atoms with van der Waals surface area (Å²) in [5.74, 6) is 0. The Morgan fingerprint density at radius 2 is 1.93 bits per heavy atom. The van der Waals surface area contributed by atoms with E-state index in [0.29, 0.717) is 0 Å². The second kappa shape index (κ2) is 5.98. The van der Waals surface area contributed by atoms with E-state index < -0.39 is 4.92 Å². The third-order valence-corrected chi connectivity index (χ3v) is 2.08. The van der Waals surface area contributed by atoms with Crippen LogP contribution in [0.25, 0.3) is 0 Å². The number of nitrogens with zero attached hydrogens (tertiary/aromatic N) is 1. The van der Waals surface area contributed by atoms with Crippen LogP contribution in [0, 0.1) is 10.1 Å². The highest BCUT2D eigenvalue weighted by Gasteiger charge is 2.02. The third-order valence-electron chi connectivity index (χ3n) is 2.08. The molecule has 5 nitrogen and oxygen atoms in total. The van der Waals surface area contributed by atoms with Gasteiger partial charge >= 0.3 is 0 Å². The summed E-state index contributed by atoms with van der Waals surface area (Å²) >= 11 is 0. The van der Waals surface area contributed by atoms with Crippen molar-refractivity contribution in [2.45, 2.75) is 12.8 Å². The first-order chi connectivity index (χ1) is 7.24. The van der Waals surface area contributed by atoms with Gasteiger partial charge in [0.2, 0.25) is 0 Å². The van der Waals surface area contributed by atoms with Gasteiger partial charge in [0.15, 0.2) is 0 Å². The van der Waals surface area contributed by atoms with E-state index in [-0.39, 0.29) is 5.69 Å². The molecule has 82 valence electrons. The van der Waals surface area contributed by atoms with Crippen molar-refractivity contribution < 1.29 is 10.7 Å². The van der Waals surface area contributed by atoms with Gasteiger partial charge in [-0.3, -0.25) is 10.1 Å². The molecule has 0 aliphatic carbocycles. The molecule has 0 spiro atoms. The Hall–Kier alpha value is -1.62. The van der Waals surface area contributed by atoms with Crippen molar-refractivity contribution in [3.05, 3.63) is 34.4 Å². The number of nitro benzene ring substituents is 1. The lowest BCUT2D eigenvalue weighted by molar-refractivity contribution is -0.384. The fourth-order valence-electron chi connectivity index (χ4n) is 1.24. The van der Waals surface area contributed by atoms with E-state index in [1.54, 1.807) is 12.1 Å². The van der Waals surface area contributed by atoms with Gasteiger partial charge in [-0.05, 0) is 25.0 Å². The van der Waals surface area contributed by atoms with Crippen LogP contribution in [0.4, 0.5) is 11.4 Å². The van der Waals surface area contributed by atoms with Gasteiger partial charge in [-0.1, -0.05) is 0 Å². The number of hydrogen-bond acceptors (Lipinski definition) is 3. The van der Waals surface area contributed by atoms with Gasteiger partial charge in [-0.25, -0.2) is 0 Å². The van der Waals surface area contributed by atoms with Crippen molar-refractivity contribution in [1.29, 1.82) is 0 Å². The number of rotatable bonds is 6. The van der Waals surface area contributed by atoms with E-state index in [4.69, 9.17) is 0 Å². The van der Waals surface area contributed by atoms with Crippen molar-refractivity contribution in [3.8, 4) is 0 Å². The molecule has 5 heteroatoms. The van der Waals surface area contributed by atoms with Crippen LogP contribution in [0.5, 0.6) is 0 Å². The Morgan fingerprint density at radius 3 is 2.47 bits per heavy atom. The highest BCUT2D eigenvalue weighted by atomic mass is 16.6. The van der Waals surface area contributed by atoms with Crippen molar-refractivity contribution in [2.75, 3.05) is 18.4 Å². The minimum absolute atomic E-state index is 0.123. The molecule has 0 aliphatic heterocycles. The lowest BCUT2D eigenvalue weighted by Gasteiger charge is -2.04. The average Bonchev–Trinajstić information content (AvgIpc) is 2.25. The van der Waals surface area contributed by atoms with Gasteiger partial charge in [0.1, 0.15) is 0 Å². The van der Waals surface area contributed by atoms with Gasteiger partial charge in [0.25, 0.3) is 5.69 Å². The molecule has 0 atom stereocenters. The number of anilines is 1. The fourth-order valence-corrected chi connectivity index (χ4v) is 1.24. The van der Waals surface area contributed by atoms with E-state index in [9.17, 15) is 10.1 Å². The molecule has 0 saturated heterocycles. The van der Waals surface area contributed by atoms with Crippen LogP contribution in [-0.4, -0.2) is 18.0 Å². The molecule has 0 heterocycles. The number of unbranched alkanes of at least 4 members (excludes halogenated alkanes) is 1. The number of quaternary nitrogens is 1. The van der Waals surface area contributed by atoms with Crippen LogP contribution in [0.2, 0.25) is 0 Å². The molecule has 0 saturated carbocycles. The minimum Gasteiger partial charge on any atom is -0.385 e. The second-order valence-electron chi connectivity index (χ2n) is 3.29. The molecule has 0 radical (unpaired) electrons. The summed E-state index contributed by atoms with van der Waals surface area (Å²) in [4.78, 5) is 9.99. The number of hydrogen-bond donors (Lipinski definition) is 2. The molecule has 1 rings (SSSR count). The summed E-state index contributed by atoms with van der Waals surface area (Å²) in [6.45, 7) is 1.83. The standard InChI is InChI=1S/C10H15N3O2/c11-7-1-2-8-12-9-3-5-10(6-4-9)13(14)15/h3-6,12H,1-2,7-8,11H2/p+1. The predicted molar refractivity (Wildman–Crippen MR) is 58.6 cm³/mol. The molecular weight excluding hydrogens is 194 g/mol.